The van der Waals surface area contributed by atoms with Gasteiger partial charge < -0.3 is 4.74 Å². The number of terminal acetylenes is 1. The largest absolute Gasteiger partial charge is 0.469 e. The molecule has 0 radical (unpaired) electrons. The molecule has 0 aliphatic carbocycles. The number of hydrogen-bond donors (Lipinski definition) is 0. The Bertz CT molecular complexity index is 561. The highest BCUT2D eigenvalue weighted by Gasteiger charge is 2.25. The Morgan fingerprint density at radius 1 is 1.45 bits per heavy atom. The molecule has 0 aliphatic heterocycles. The Morgan fingerprint density at radius 2 is 2.14 bits per heavy atom. The van der Waals surface area contributed by atoms with E-state index in [4.69, 9.17) is 11.2 Å². The number of ether oxygens (including phenoxy) is 1. The molecule has 22 heavy (non-hydrogen) atoms. The van der Waals surface area contributed by atoms with Gasteiger partial charge in [0.2, 0.25) is 0 Å². The summed E-state index contributed by atoms with van der Waals surface area (Å²) in [5.74, 6) is 1.36. The topological polar surface area (TPSA) is 26.3 Å². The first-order valence-electron chi connectivity index (χ1n) is 7.32. The van der Waals surface area contributed by atoms with Crippen LogP contribution in [0.4, 0.5) is 4.39 Å². The van der Waals surface area contributed by atoms with Crippen molar-refractivity contribution in [3.63, 3.8) is 0 Å². The maximum absolute atomic E-state index is 14.2. The molecule has 1 unspecified atom stereocenters. The van der Waals surface area contributed by atoms with Crippen LogP contribution < -0.4 is 0 Å². The monoisotopic (exact) mass is 368 g/mol. The van der Waals surface area contributed by atoms with Crippen molar-refractivity contribution in [2.24, 2.45) is 5.41 Å². The summed E-state index contributed by atoms with van der Waals surface area (Å²) < 4.78 is 19.4. The van der Waals surface area contributed by atoms with Crippen LogP contribution in [0.5, 0.6) is 0 Å². The summed E-state index contributed by atoms with van der Waals surface area (Å²) >= 11 is 3.15. The van der Waals surface area contributed by atoms with Gasteiger partial charge in [-0.05, 0) is 48.7 Å². The van der Waals surface area contributed by atoms with E-state index in [9.17, 15) is 9.18 Å². The lowest BCUT2D eigenvalue weighted by molar-refractivity contribution is -0.142. The molecular formula is C18H22BrFO2. The van der Waals surface area contributed by atoms with Crippen molar-refractivity contribution in [1.29, 1.82) is 0 Å². The molecule has 1 atom stereocenters. The molecule has 1 rings (SSSR count). The molecule has 0 bridgehead atoms. The highest BCUT2D eigenvalue weighted by molar-refractivity contribution is 9.10. The summed E-state index contributed by atoms with van der Waals surface area (Å²) in [6.45, 7) is 4.03. The highest BCUT2D eigenvalue weighted by atomic mass is 79.9. The van der Waals surface area contributed by atoms with Crippen molar-refractivity contribution >= 4 is 21.9 Å². The molecule has 4 heteroatoms. The zero-order valence-electron chi connectivity index (χ0n) is 13.3. The second kappa shape index (κ2) is 8.33. The summed E-state index contributed by atoms with van der Waals surface area (Å²) in [5.41, 5.74) is 0.222. The molecule has 0 fully saturated rings. The maximum Gasteiger partial charge on any atom is 0.313 e. The molecule has 0 aliphatic rings. The minimum absolute atomic E-state index is 0.151. The third kappa shape index (κ3) is 5.14. The van der Waals surface area contributed by atoms with Gasteiger partial charge in [-0.15, -0.1) is 12.3 Å². The van der Waals surface area contributed by atoms with Gasteiger partial charge in [0.05, 0.1) is 17.5 Å². The van der Waals surface area contributed by atoms with Gasteiger partial charge in [0, 0.05) is 11.0 Å². The number of unbranched alkanes of at least 4 members (excludes halogenated alkanes) is 1. The summed E-state index contributed by atoms with van der Waals surface area (Å²) in [5, 5.41) is 0. The van der Waals surface area contributed by atoms with Crippen molar-refractivity contribution in [1.82, 2.24) is 0 Å². The SMILES string of the molecule is C#CC(C)(C)CCCCC(C(=O)OC)c1cccc(Br)c1F. The fraction of sp³-hybridized carbons (Fsp3) is 0.500. The molecule has 0 aromatic heterocycles. The van der Waals surface area contributed by atoms with Crippen LogP contribution in [0.3, 0.4) is 0 Å². The quantitative estimate of drug-likeness (QED) is 0.381. The lowest BCUT2D eigenvalue weighted by Crippen LogP contribution is -2.16. The van der Waals surface area contributed by atoms with E-state index in [-0.39, 0.29) is 5.41 Å². The van der Waals surface area contributed by atoms with Gasteiger partial charge >= 0.3 is 5.97 Å². The third-order valence-corrected chi connectivity index (χ3v) is 4.39. The minimum Gasteiger partial charge on any atom is -0.469 e. The Balaban J connectivity index is 2.77. The number of rotatable bonds is 7. The van der Waals surface area contributed by atoms with Gasteiger partial charge in [0.1, 0.15) is 5.82 Å². The molecule has 0 saturated heterocycles. The molecule has 1 aromatic rings. The van der Waals surface area contributed by atoms with E-state index in [1.54, 1.807) is 18.2 Å². The average molecular weight is 369 g/mol. The molecule has 0 N–H and O–H groups in total. The molecule has 120 valence electrons. The van der Waals surface area contributed by atoms with Gasteiger partial charge in [-0.3, -0.25) is 4.79 Å². The molecule has 2 nitrogen and oxygen atoms in total. The van der Waals surface area contributed by atoms with Crippen LogP contribution in [0.15, 0.2) is 22.7 Å². The number of esters is 1. The van der Waals surface area contributed by atoms with E-state index in [0.717, 1.165) is 19.3 Å². The van der Waals surface area contributed by atoms with Crippen LogP contribution in [0, 0.1) is 23.6 Å². The normalized spacial score (nSPS) is 12.5. The first-order chi connectivity index (χ1) is 10.3. The van der Waals surface area contributed by atoms with Gasteiger partial charge in [-0.25, -0.2) is 4.39 Å². The van der Waals surface area contributed by atoms with Crippen LogP contribution in [0.1, 0.15) is 51.0 Å². The number of carbonyl (C=O) groups excluding carboxylic acids is 1. The van der Waals surface area contributed by atoms with Crippen molar-refractivity contribution in [3.05, 3.63) is 34.1 Å². The second-order valence-corrected chi connectivity index (χ2v) is 6.85. The molecule has 0 saturated carbocycles. The lowest BCUT2D eigenvalue weighted by atomic mass is 9.86. The predicted octanol–water partition coefficient (Wildman–Crippen LogP) is 5.06. The van der Waals surface area contributed by atoms with Crippen LogP contribution in [-0.4, -0.2) is 13.1 Å². The smallest absolute Gasteiger partial charge is 0.313 e. The Labute approximate surface area is 140 Å². The van der Waals surface area contributed by atoms with E-state index in [2.05, 4.69) is 21.9 Å². The van der Waals surface area contributed by atoms with Gasteiger partial charge in [0.25, 0.3) is 0 Å². The lowest BCUT2D eigenvalue weighted by Gasteiger charge is -2.19. The first-order valence-corrected chi connectivity index (χ1v) is 8.11. The average Bonchev–Trinajstić information content (AvgIpc) is 2.50. The van der Waals surface area contributed by atoms with Crippen molar-refractivity contribution in [2.45, 2.75) is 45.4 Å². The summed E-state index contributed by atoms with van der Waals surface area (Å²) in [7, 11) is 1.33. The molecule has 1 aromatic carbocycles. The van der Waals surface area contributed by atoms with Crippen LogP contribution >= 0.6 is 15.9 Å². The Hall–Kier alpha value is -1.34. The van der Waals surface area contributed by atoms with Crippen molar-refractivity contribution < 1.29 is 13.9 Å². The van der Waals surface area contributed by atoms with E-state index in [0.29, 0.717) is 16.5 Å². The Kier molecular flexibility index (Phi) is 7.09. The van der Waals surface area contributed by atoms with Crippen molar-refractivity contribution in [3.8, 4) is 12.3 Å². The zero-order chi connectivity index (χ0) is 16.8. The summed E-state index contributed by atoms with van der Waals surface area (Å²) in [6, 6.07) is 4.97. The standard InChI is InChI=1S/C18H22BrFO2/c1-5-18(2,3)12-7-6-9-14(17(21)22-4)13-10-8-11-15(19)16(13)20/h1,8,10-11,14H,6-7,9,12H2,2-4H3. The van der Waals surface area contributed by atoms with Crippen LogP contribution in [0.25, 0.3) is 0 Å². The van der Waals surface area contributed by atoms with Crippen molar-refractivity contribution in [2.75, 3.05) is 7.11 Å². The van der Waals surface area contributed by atoms with Gasteiger partial charge in [0.15, 0.2) is 0 Å². The first kappa shape index (κ1) is 18.7. The fourth-order valence-electron chi connectivity index (χ4n) is 2.32. The zero-order valence-corrected chi connectivity index (χ0v) is 14.9. The van der Waals surface area contributed by atoms with E-state index in [1.165, 1.54) is 7.11 Å². The predicted molar refractivity (Wildman–Crippen MR) is 89.9 cm³/mol. The van der Waals surface area contributed by atoms with E-state index >= 15 is 0 Å². The number of hydrogen-bond acceptors (Lipinski definition) is 2. The van der Waals surface area contributed by atoms with Gasteiger partial charge in [-0.1, -0.05) is 25.0 Å². The maximum atomic E-state index is 14.2. The minimum atomic E-state index is -0.587. The summed E-state index contributed by atoms with van der Waals surface area (Å²) in [4.78, 5) is 12.0. The Morgan fingerprint density at radius 3 is 2.73 bits per heavy atom. The third-order valence-electron chi connectivity index (χ3n) is 3.78. The van der Waals surface area contributed by atoms with Gasteiger partial charge in [-0.2, -0.15) is 0 Å². The van der Waals surface area contributed by atoms with Crippen LogP contribution in [-0.2, 0) is 9.53 Å². The number of carbonyl (C=O) groups is 1. The van der Waals surface area contributed by atoms with E-state index in [1.807, 2.05) is 13.8 Å². The highest BCUT2D eigenvalue weighted by Crippen LogP contribution is 2.31. The number of benzene rings is 1. The van der Waals surface area contributed by atoms with E-state index < -0.39 is 17.7 Å². The fourth-order valence-corrected chi connectivity index (χ4v) is 2.70. The second-order valence-electron chi connectivity index (χ2n) is 5.99. The molecule has 0 heterocycles. The molecule has 0 amide bonds. The number of halogens is 2. The molecule has 0 spiro atoms. The van der Waals surface area contributed by atoms with Crippen LogP contribution in [0.2, 0.25) is 0 Å². The molecular weight excluding hydrogens is 347 g/mol. The summed E-state index contributed by atoms with van der Waals surface area (Å²) in [6.07, 6.45) is 8.56. The number of methoxy groups -OCH3 is 1.